The van der Waals surface area contributed by atoms with E-state index in [9.17, 15) is 4.79 Å². The van der Waals surface area contributed by atoms with E-state index in [1.807, 2.05) is 49.4 Å². The molecule has 5 heteroatoms. The maximum Gasteiger partial charge on any atom is 0.344 e. The Hall–Kier alpha value is -2.89. The summed E-state index contributed by atoms with van der Waals surface area (Å²) in [4.78, 5) is 16.5. The quantitative estimate of drug-likeness (QED) is 0.438. The molecule has 29 heavy (non-hydrogen) atoms. The van der Waals surface area contributed by atoms with Crippen molar-refractivity contribution in [2.45, 2.75) is 19.9 Å². The Balaban J connectivity index is 1.53. The van der Waals surface area contributed by atoms with Gasteiger partial charge in [-0.3, -0.25) is 4.90 Å². The van der Waals surface area contributed by atoms with Crippen LogP contribution in [0.1, 0.15) is 16.0 Å². The first-order chi connectivity index (χ1) is 14.2. The van der Waals surface area contributed by atoms with Gasteiger partial charge >= 0.3 is 5.63 Å². The van der Waals surface area contributed by atoms with Crippen molar-refractivity contribution in [1.82, 2.24) is 4.90 Å². The fourth-order valence-electron chi connectivity index (χ4n) is 3.97. The van der Waals surface area contributed by atoms with Crippen LogP contribution in [0.3, 0.4) is 0 Å². The fraction of sp³-hybridized carbons (Fsp3) is 0.208. The molecule has 5 rings (SSSR count). The van der Waals surface area contributed by atoms with Gasteiger partial charge in [-0.25, -0.2) is 4.79 Å². The van der Waals surface area contributed by atoms with Crippen LogP contribution in [0.15, 0.2) is 69.2 Å². The second-order valence-corrected chi connectivity index (χ2v) is 8.36. The number of thiophene rings is 1. The average molecular weight is 404 g/mol. The van der Waals surface area contributed by atoms with Gasteiger partial charge in [0.05, 0.1) is 11.1 Å². The smallest absolute Gasteiger partial charge is 0.344 e. The van der Waals surface area contributed by atoms with Crippen LogP contribution < -0.4 is 10.4 Å². The van der Waals surface area contributed by atoms with Crippen LogP contribution in [-0.4, -0.2) is 18.2 Å². The molecule has 3 heterocycles. The molecule has 0 amide bonds. The van der Waals surface area contributed by atoms with E-state index in [2.05, 4.69) is 22.4 Å². The number of rotatable bonds is 4. The van der Waals surface area contributed by atoms with Crippen LogP contribution in [0.25, 0.3) is 22.1 Å². The largest absolute Gasteiger partial charge is 0.478 e. The SMILES string of the molecule is Cc1c(-c2ccccc2)c(=O)oc2c3c(ccc12)OCN(CCc1cccs1)C3. The minimum absolute atomic E-state index is 0.301. The number of aryl methyl sites for hydroxylation is 1. The van der Waals surface area contributed by atoms with Crippen LogP contribution in [0.2, 0.25) is 0 Å². The molecule has 0 atom stereocenters. The molecular formula is C24H21NO3S. The van der Waals surface area contributed by atoms with E-state index < -0.39 is 0 Å². The highest BCUT2D eigenvalue weighted by Crippen LogP contribution is 2.35. The van der Waals surface area contributed by atoms with Crippen molar-refractivity contribution in [1.29, 1.82) is 0 Å². The van der Waals surface area contributed by atoms with Gasteiger partial charge in [0.25, 0.3) is 0 Å². The van der Waals surface area contributed by atoms with Gasteiger partial charge in [0.2, 0.25) is 0 Å². The van der Waals surface area contributed by atoms with Crippen LogP contribution >= 0.6 is 11.3 Å². The first-order valence-corrected chi connectivity index (χ1v) is 10.6. The summed E-state index contributed by atoms with van der Waals surface area (Å²) in [6.07, 6.45) is 0.988. The molecule has 0 bridgehead atoms. The molecule has 4 aromatic rings. The van der Waals surface area contributed by atoms with Crippen molar-refractivity contribution in [3.8, 4) is 16.9 Å². The Morgan fingerprint density at radius 2 is 1.93 bits per heavy atom. The zero-order chi connectivity index (χ0) is 19.8. The van der Waals surface area contributed by atoms with Gasteiger partial charge in [0.1, 0.15) is 18.1 Å². The summed E-state index contributed by atoms with van der Waals surface area (Å²) < 4.78 is 11.8. The number of hydrogen-bond acceptors (Lipinski definition) is 5. The highest BCUT2D eigenvalue weighted by Gasteiger charge is 2.23. The number of hydrogen-bond donors (Lipinski definition) is 0. The second-order valence-electron chi connectivity index (χ2n) is 7.33. The number of ether oxygens (including phenoxy) is 1. The Bertz CT molecular complexity index is 1210. The van der Waals surface area contributed by atoms with Gasteiger partial charge in [0.15, 0.2) is 0 Å². The lowest BCUT2D eigenvalue weighted by Gasteiger charge is -2.29. The fourth-order valence-corrected chi connectivity index (χ4v) is 4.67. The lowest BCUT2D eigenvalue weighted by Crippen LogP contribution is -2.33. The summed E-state index contributed by atoms with van der Waals surface area (Å²) in [7, 11) is 0. The molecule has 0 unspecified atom stereocenters. The Kier molecular flexibility index (Phi) is 4.70. The minimum atomic E-state index is -0.301. The molecule has 146 valence electrons. The van der Waals surface area contributed by atoms with E-state index in [1.54, 1.807) is 11.3 Å². The lowest BCUT2D eigenvalue weighted by atomic mass is 9.97. The van der Waals surface area contributed by atoms with Gasteiger partial charge in [-0.2, -0.15) is 0 Å². The van der Waals surface area contributed by atoms with Crippen LogP contribution in [-0.2, 0) is 13.0 Å². The van der Waals surface area contributed by atoms with Crippen molar-refractivity contribution < 1.29 is 9.15 Å². The van der Waals surface area contributed by atoms with Gasteiger partial charge in [-0.1, -0.05) is 36.4 Å². The molecule has 0 saturated carbocycles. The Labute approximate surface area is 173 Å². The van der Waals surface area contributed by atoms with Gasteiger partial charge in [-0.05, 0) is 48.1 Å². The summed E-state index contributed by atoms with van der Waals surface area (Å²) >= 11 is 1.78. The predicted molar refractivity (Wildman–Crippen MR) is 117 cm³/mol. The normalized spacial score (nSPS) is 14.0. The van der Waals surface area contributed by atoms with Crippen molar-refractivity contribution in [2.75, 3.05) is 13.3 Å². The molecule has 2 aromatic carbocycles. The lowest BCUT2D eigenvalue weighted by molar-refractivity contribution is 0.0970. The van der Waals surface area contributed by atoms with Crippen LogP contribution in [0.4, 0.5) is 0 Å². The zero-order valence-corrected chi connectivity index (χ0v) is 17.0. The van der Waals surface area contributed by atoms with Crippen molar-refractivity contribution in [3.63, 3.8) is 0 Å². The topological polar surface area (TPSA) is 42.7 Å². The molecular weight excluding hydrogens is 382 g/mol. The minimum Gasteiger partial charge on any atom is -0.478 e. The van der Waals surface area contributed by atoms with E-state index in [0.29, 0.717) is 24.4 Å². The molecule has 1 aliphatic heterocycles. The van der Waals surface area contributed by atoms with E-state index in [0.717, 1.165) is 40.8 Å². The van der Waals surface area contributed by atoms with Gasteiger partial charge < -0.3 is 9.15 Å². The Morgan fingerprint density at radius 1 is 1.07 bits per heavy atom. The summed E-state index contributed by atoms with van der Waals surface area (Å²) in [5, 5.41) is 3.07. The highest BCUT2D eigenvalue weighted by molar-refractivity contribution is 7.09. The zero-order valence-electron chi connectivity index (χ0n) is 16.2. The summed E-state index contributed by atoms with van der Waals surface area (Å²) in [5.74, 6) is 0.805. The van der Waals surface area contributed by atoms with Gasteiger partial charge in [0, 0.05) is 23.4 Å². The molecule has 0 saturated heterocycles. The molecule has 1 aliphatic rings. The molecule has 0 aliphatic carbocycles. The van der Waals surface area contributed by atoms with Crippen molar-refractivity contribution >= 4 is 22.3 Å². The first-order valence-electron chi connectivity index (χ1n) is 9.73. The van der Waals surface area contributed by atoms with Crippen molar-refractivity contribution in [3.05, 3.63) is 86.4 Å². The third-order valence-corrected chi connectivity index (χ3v) is 6.43. The summed E-state index contributed by atoms with van der Waals surface area (Å²) in [6.45, 7) is 4.16. The molecule has 0 N–H and O–H groups in total. The highest BCUT2D eigenvalue weighted by atomic mass is 32.1. The maximum absolute atomic E-state index is 12.9. The monoisotopic (exact) mass is 403 g/mol. The molecule has 0 fully saturated rings. The Morgan fingerprint density at radius 3 is 2.72 bits per heavy atom. The van der Waals surface area contributed by atoms with E-state index in [4.69, 9.17) is 9.15 Å². The predicted octanol–water partition coefficient (Wildman–Crippen LogP) is 5.22. The third kappa shape index (κ3) is 3.37. The van der Waals surface area contributed by atoms with Crippen LogP contribution in [0.5, 0.6) is 5.75 Å². The van der Waals surface area contributed by atoms with Crippen LogP contribution in [0, 0.1) is 6.92 Å². The first kappa shape index (κ1) is 18.2. The standard InChI is InChI=1S/C24H21NO3S/c1-16-19-9-10-21-20(14-25(15-27-21)12-11-18-8-5-13-29-18)23(19)28-24(26)22(16)17-6-3-2-4-7-17/h2-10,13H,11-12,14-15H2,1H3. The number of benzene rings is 2. The maximum atomic E-state index is 12.9. The summed E-state index contributed by atoms with van der Waals surface area (Å²) in [6, 6.07) is 17.9. The molecule has 4 nitrogen and oxygen atoms in total. The molecule has 0 spiro atoms. The van der Waals surface area contributed by atoms with E-state index in [-0.39, 0.29) is 5.63 Å². The third-order valence-electron chi connectivity index (χ3n) is 5.50. The second kappa shape index (κ2) is 7.50. The van der Waals surface area contributed by atoms with E-state index >= 15 is 0 Å². The number of fused-ring (bicyclic) bond motifs is 3. The number of nitrogens with zero attached hydrogens (tertiary/aromatic N) is 1. The molecule has 0 radical (unpaired) electrons. The molecule has 2 aromatic heterocycles. The summed E-state index contributed by atoms with van der Waals surface area (Å²) in [5.41, 5.74) is 3.76. The van der Waals surface area contributed by atoms with E-state index in [1.165, 1.54) is 4.88 Å². The van der Waals surface area contributed by atoms with Gasteiger partial charge in [-0.15, -0.1) is 11.3 Å². The van der Waals surface area contributed by atoms with Crippen molar-refractivity contribution in [2.24, 2.45) is 0 Å². The average Bonchev–Trinajstić information content (AvgIpc) is 3.26.